The van der Waals surface area contributed by atoms with Crippen LogP contribution < -0.4 is 0 Å². The molecule has 0 saturated heterocycles. The maximum atomic E-state index is 13.3. The predicted molar refractivity (Wildman–Crippen MR) is 113 cm³/mol. The number of aromatic amines is 1. The third-order valence-corrected chi connectivity index (χ3v) is 4.90. The molecule has 1 unspecified atom stereocenters. The van der Waals surface area contributed by atoms with E-state index in [1.165, 1.54) is 0 Å². The van der Waals surface area contributed by atoms with Crippen LogP contribution in [0.15, 0.2) is 54.6 Å². The molecule has 0 saturated carbocycles. The molecule has 2 aromatic carbocycles. The van der Waals surface area contributed by atoms with Gasteiger partial charge in [-0.1, -0.05) is 42.5 Å². The highest BCUT2D eigenvalue weighted by atomic mass is 16.2. The third kappa shape index (κ3) is 4.31. The highest BCUT2D eigenvalue weighted by molar-refractivity contribution is 5.95. The van der Waals surface area contributed by atoms with Crippen LogP contribution in [0.5, 0.6) is 0 Å². The van der Waals surface area contributed by atoms with Gasteiger partial charge in [0.2, 0.25) is 0 Å². The Balaban J connectivity index is 1.91. The number of carbonyl (C=O) groups is 1. The minimum atomic E-state index is -0.0262. The minimum absolute atomic E-state index is 0.00228. The number of aromatic nitrogens is 2. The monoisotopic (exact) mass is 376 g/mol. The first-order valence-electron chi connectivity index (χ1n) is 9.47. The highest BCUT2D eigenvalue weighted by Gasteiger charge is 2.23. The lowest BCUT2D eigenvalue weighted by atomic mass is 10.0. The summed E-state index contributed by atoms with van der Waals surface area (Å²) < 4.78 is 0. The number of aryl methyl sites for hydroxylation is 2. The largest absolute Gasteiger partial charge is 0.346 e. The van der Waals surface area contributed by atoms with Crippen molar-refractivity contribution in [2.24, 2.45) is 0 Å². The Kier molecular flexibility index (Phi) is 5.95. The van der Waals surface area contributed by atoms with Gasteiger partial charge in [0.1, 0.15) is 5.82 Å². The van der Waals surface area contributed by atoms with Crippen molar-refractivity contribution in [1.82, 2.24) is 19.8 Å². The topological polar surface area (TPSA) is 52.2 Å². The fraction of sp³-hybridized carbons (Fsp3) is 0.304. The first-order chi connectivity index (χ1) is 13.4. The number of imidazole rings is 1. The fourth-order valence-electron chi connectivity index (χ4n) is 3.51. The number of benzene rings is 2. The molecule has 1 aromatic heterocycles. The SMILES string of the molecule is Cc1nc(-c2cccc(C(=O)N(C)C(CN(C)C)c3ccccc3)c2)c(C)[nH]1. The summed E-state index contributed by atoms with van der Waals surface area (Å²) in [6.07, 6.45) is 0. The molecule has 0 spiro atoms. The number of H-pyrrole nitrogens is 1. The summed E-state index contributed by atoms with van der Waals surface area (Å²) in [6.45, 7) is 4.69. The average Bonchev–Trinajstić information content (AvgIpc) is 3.03. The van der Waals surface area contributed by atoms with E-state index in [9.17, 15) is 4.79 Å². The Labute approximate surface area is 167 Å². The zero-order valence-corrected chi connectivity index (χ0v) is 17.2. The van der Waals surface area contributed by atoms with Crippen molar-refractivity contribution in [3.8, 4) is 11.3 Å². The Morgan fingerprint density at radius 2 is 1.75 bits per heavy atom. The first kappa shape index (κ1) is 19.8. The fourth-order valence-corrected chi connectivity index (χ4v) is 3.51. The van der Waals surface area contributed by atoms with Crippen molar-refractivity contribution >= 4 is 5.91 Å². The lowest BCUT2D eigenvalue weighted by molar-refractivity contribution is 0.0705. The molecule has 0 bridgehead atoms. The second-order valence-corrected chi connectivity index (χ2v) is 7.48. The second-order valence-electron chi connectivity index (χ2n) is 7.48. The molecule has 5 nitrogen and oxygen atoms in total. The summed E-state index contributed by atoms with van der Waals surface area (Å²) in [6, 6.07) is 17.9. The van der Waals surface area contributed by atoms with Gasteiger partial charge in [-0.3, -0.25) is 4.79 Å². The minimum Gasteiger partial charge on any atom is -0.346 e. The Hall–Kier alpha value is -2.92. The van der Waals surface area contributed by atoms with E-state index in [0.29, 0.717) is 5.56 Å². The van der Waals surface area contributed by atoms with E-state index >= 15 is 0 Å². The zero-order valence-electron chi connectivity index (χ0n) is 17.2. The van der Waals surface area contributed by atoms with Crippen molar-refractivity contribution in [3.63, 3.8) is 0 Å². The van der Waals surface area contributed by atoms with Crippen LogP contribution in [0.3, 0.4) is 0 Å². The molecule has 0 fully saturated rings. The van der Waals surface area contributed by atoms with Gasteiger partial charge >= 0.3 is 0 Å². The van der Waals surface area contributed by atoms with Crippen LogP contribution in [0.25, 0.3) is 11.3 Å². The summed E-state index contributed by atoms with van der Waals surface area (Å²) in [4.78, 5) is 25.0. The molecule has 0 aliphatic carbocycles. The second kappa shape index (κ2) is 8.40. The molecule has 1 N–H and O–H groups in total. The van der Waals surface area contributed by atoms with Gasteiger partial charge in [-0.2, -0.15) is 0 Å². The summed E-state index contributed by atoms with van der Waals surface area (Å²) in [7, 11) is 5.93. The van der Waals surface area contributed by atoms with E-state index in [1.807, 2.05) is 82.4 Å². The van der Waals surface area contributed by atoms with E-state index in [0.717, 1.165) is 34.9 Å². The Morgan fingerprint density at radius 3 is 2.36 bits per heavy atom. The molecule has 1 heterocycles. The van der Waals surface area contributed by atoms with E-state index in [4.69, 9.17) is 0 Å². The molecular formula is C23H28N4O. The molecule has 0 radical (unpaired) electrons. The number of hydrogen-bond acceptors (Lipinski definition) is 3. The summed E-state index contributed by atoms with van der Waals surface area (Å²) in [5.41, 5.74) is 4.64. The smallest absolute Gasteiger partial charge is 0.254 e. The number of nitrogens with zero attached hydrogens (tertiary/aromatic N) is 3. The van der Waals surface area contributed by atoms with Crippen molar-refractivity contribution < 1.29 is 4.79 Å². The lowest BCUT2D eigenvalue weighted by Gasteiger charge is -2.31. The van der Waals surface area contributed by atoms with Crippen molar-refractivity contribution in [2.75, 3.05) is 27.7 Å². The number of nitrogens with one attached hydrogen (secondary N) is 1. The Bertz CT molecular complexity index is 946. The molecule has 3 rings (SSSR count). The molecule has 146 valence electrons. The van der Waals surface area contributed by atoms with Gasteiger partial charge in [-0.05, 0) is 45.6 Å². The van der Waals surface area contributed by atoms with E-state index in [-0.39, 0.29) is 11.9 Å². The normalized spacial score (nSPS) is 12.2. The van der Waals surface area contributed by atoms with Crippen molar-refractivity contribution in [3.05, 3.63) is 77.2 Å². The van der Waals surface area contributed by atoms with Gasteiger partial charge in [0.25, 0.3) is 5.91 Å². The lowest BCUT2D eigenvalue weighted by Crippen LogP contribution is -2.37. The summed E-state index contributed by atoms with van der Waals surface area (Å²) in [5, 5.41) is 0. The average molecular weight is 377 g/mol. The molecule has 1 amide bonds. The van der Waals surface area contributed by atoms with Crippen LogP contribution >= 0.6 is 0 Å². The third-order valence-electron chi connectivity index (χ3n) is 4.90. The number of carbonyl (C=O) groups excluding carboxylic acids is 1. The molecule has 28 heavy (non-hydrogen) atoms. The molecule has 5 heteroatoms. The van der Waals surface area contributed by atoms with Crippen LogP contribution in [-0.2, 0) is 0 Å². The van der Waals surface area contributed by atoms with E-state index < -0.39 is 0 Å². The van der Waals surface area contributed by atoms with Crippen LogP contribution in [-0.4, -0.2) is 53.4 Å². The quantitative estimate of drug-likeness (QED) is 0.706. The number of amides is 1. The summed E-state index contributed by atoms with van der Waals surface area (Å²) >= 11 is 0. The van der Waals surface area contributed by atoms with Crippen LogP contribution in [0, 0.1) is 13.8 Å². The molecule has 0 aliphatic heterocycles. The van der Waals surface area contributed by atoms with Gasteiger partial charge in [0, 0.05) is 30.4 Å². The standard InChI is InChI=1S/C23H28N4O/c1-16-22(25-17(2)24-16)19-12-9-13-20(14-19)23(28)27(5)21(15-26(3)4)18-10-7-6-8-11-18/h6-14,21H,15H2,1-5H3,(H,24,25). The first-order valence-corrected chi connectivity index (χ1v) is 9.47. The molecule has 3 aromatic rings. The molecule has 1 atom stereocenters. The predicted octanol–water partition coefficient (Wildman–Crippen LogP) is 4.07. The van der Waals surface area contributed by atoms with E-state index in [1.54, 1.807) is 0 Å². The number of rotatable bonds is 6. The van der Waals surface area contributed by atoms with Crippen molar-refractivity contribution in [1.29, 1.82) is 0 Å². The van der Waals surface area contributed by atoms with Gasteiger partial charge in [-0.25, -0.2) is 4.98 Å². The van der Waals surface area contributed by atoms with Crippen LogP contribution in [0.2, 0.25) is 0 Å². The maximum Gasteiger partial charge on any atom is 0.254 e. The molecule has 0 aliphatic rings. The highest BCUT2D eigenvalue weighted by Crippen LogP contribution is 2.25. The van der Waals surface area contributed by atoms with Gasteiger partial charge in [-0.15, -0.1) is 0 Å². The maximum absolute atomic E-state index is 13.3. The van der Waals surface area contributed by atoms with Gasteiger partial charge in [0.05, 0.1) is 11.7 Å². The van der Waals surface area contributed by atoms with E-state index in [2.05, 4.69) is 27.0 Å². The van der Waals surface area contributed by atoms with Crippen LogP contribution in [0.1, 0.15) is 33.5 Å². The van der Waals surface area contributed by atoms with Gasteiger partial charge < -0.3 is 14.8 Å². The van der Waals surface area contributed by atoms with Crippen LogP contribution in [0.4, 0.5) is 0 Å². The summed E-state index contributed by atoms with van der Waals surface area (Å²) in [5.74, 6) is 0.874. The zero-order chi connectivity index (χ0) is 20.3. The number of hydrogen-bond donors (Lipinski definition) is 1. The van der Waals surface area contributed by atoms with Gasteiger partial charge in [0.15, 0.2) is 0 Å². The molecular weight excluding hydrogens is 348 g/mol. The Morgan fingerprint density at radius 1 is 1.04 bits per heavy atom. The van der Waals surface area contributed by atoms with Crippen molar-refractivity contribution in [2.45, 2.75) is 19.9 Å². The number of likely N-dealkylation sites (N-methyl/N-ethyl adjacent to an activating group) is 2.